The SMILES string of the molecule is COC[C@H]1CN(c2ncc(C#Cc3ccc(N4CCC(n5nccn5)CC4)nc3)cn2)CCN1c1ncccn1. The van der Waals surface area contributed by atoms with E-state index in [1.807, 2.05) is 29.2 Å². The second-order valence-corrected chi connectivity index (χ2v) is 9.79. The minimum Gasteiger partial charge on any atom is -0.382 e. The minimum absolute atomic E-state index is 0.0967. The number of hydrogen-bond donors (Lipinski definition) is 0. The predicted octanol–water partition coefficient (Wildman–Crippen LogP) is 1.84. The highest BCUT2D eigenvalue weighted by molar-refractivity contribution is 5.47. The van der Waals surface area contributed by atoms with Crippen LogP contribution in [-0.2, 0) is 4.74 Å². The second-order valence-electron chi connectivity index (χ2n) is 9.79. The molecule has 0 saturated carbocycles. The number of piperazine rings is 1. The van der Waals surface area contributed by atoms with E-state index >= 15 is 0 Å². The Bertz CT molecular complexity index is 1410. The van der Waals surface area contributed by atoms with Crippen molar-refractivity contribution in [1.82, 2.24) is 39.9 Å². The van der Waals surface area contributed by atoms with Crippen LogP contribution in [0.1, 0.15) is 30.0 Å². The Hall–Kier alpha value is -4.63. The molecule has 2 saturated heterocycles. The summed E-state index contributed by atoms with van der Waals surface area (Å²) in [7, 11) is 1.71. The first-order valence-electron chi connectivity index (χ1n) is 13.5. The van der Waals surface area contributed by atoms with Crippen LogP contribution in [0.25, 0.3) is 0 Å². The molecule has 2 aliphatic heterocycles. The van der Waals surface area contributed by atoms with Crippen LogP contribution in [0.4, 0.5) is 17.7 Å². The zero-order valence-electron chi connectivity index (χ0n) is 22.4. The summed E-state index contributed by atoms with van der Waals surface area (Å²) in [5, 5.41) is 8.56. The lowest BCUT2D eigenvalue weighted by molar-refractivity contribution is 0.173. The van der Waals surface area contributed by atoms with Gasteiger partial charge in [-0.3, -0.25) is 0 Å². The molecule has 6 heterocycles. The first-order valence-corrected chi connectivity index (χ1v) is 13.5. The number of methoxy groups -OCH3 is 1. The Balaban J connectivity index is 1.05. The van der Waals surface area contributed by atoms with Gasteiger partial charge in [-0.1, -0.05) is 11.8 Å². The van der Waals surface area contributed by atoms with Crippen molar-refractivity contribution in [1.29, 1.82) is 0 Å². The minimum atomic E-state index is 0.0967. The monoisotopic (exact) mass is 537 g/mol. The van der Waals surface area contributed by atoms with E-state index in [1.165, 1.54) is 0 Å². The van der Waals surface area contributed by atoms with Gasteiger partial charge >= 0.3 is 0 Å². The summed E-state index contributed by atoms with van der Waals surface area (Å²) in [6.45, 7) is 4.65. The smallest absolute Gasteiger partial charge is 0.225 e. The summed E-state index contributed by atoms with van der Waals surface area (Å²) < 4.78 is 5.47. The zero-order valence-corrected chi connectivity index (χ0v) is 22.4. The summed E-state index contributed by atoms with van der Waals surface area (Å²) >= 11 is 0. The summed E-state index contributed by atoms with van der Waals surface area (Å²) in [5.74, 6) is 8.70. The molecule has 0 N–H and O–H groups in total. The normalized spacial score (nSPS) is 17.9. The number of pyridine rings is 1. The molecular formula is C28H31N11O. The number of nitrogens with zero attached hydrogens (tertiary/aromatic N) is 11. The van der Waals surface area contributed by atoms with Gasteiger partial charge in [0.05, 0.1) is 36.6 Å². The Morgan fingerprint density at radius 3 is 2.20 bits per heavy atom. The first kappa shape index (κ1) is 25.6. The van der Waals surface area contributed by atoms with Crippen LogP contribution in [0.3, 0.4) is 0 Å². The van der Waals surface area contributed by atoms with Gasteiger partial charge in [-0.2, -0.15) is 15.0 Å². The van der Waals surface area contributed by atoms with Crippen molar-refractivity contribution < 1.29 is 4.74 Å². The summed E-state index contributed by atoms with van der Waals surface area (Å²) in [6.07, 6.45) is 14.4. The number of rotatable bonds is 6. The number of ether oxygens (including phenoxy) is 1. The molecule has 6 rings (SSSR count). The standard InChI is InChI=1S/C28H31N11O/c1-40-21-25-20-37(15-16-38(25)28-29-9-2-10-30-28)27-32-18-23(19-33-27)4-3-22-5-6-26(31-17-22)36-13-7-24(8-14-36)39-34-11-12-35-39/h2,5-6,9-12,17-19,24-25H,7-8,13-16,20-21H2,1H3/t25-/m1/s1. The number of anilines is 3. The summed E-state index contributed by atoms with van der Waals surface area (Å²) in [5.41, 5.74) is 1.61. The fourth-order valence-electron chi connectivity index (χ4n) is 5.16. The lowest BCUT2D eigenvalue weighted by Crippen LogP contribution is -2.56. The van der Waals surface area contributed by atoms with Gasteiger partial charge in [0.2, 0.25) is 11.9 Å². The fourth-order valence-corrected chi connectivity index (χ4v) is 5.16. The van der Waals surface area contributed by atoms with Crippen molar-refractivity contribution in [2.75, 3.05) is 61.1 Å². The van der Waals surface area contributed by atoms with E-state index in [1.54, 1.807) is 44.3 Å². The van der Waals surface area contributed by atoms with Gasteiger partial charge in [0.25, 0.3) is 0 Å². The Kier molecular flexibility index (Phi) is 7.72. The molecule has 12 nitrogen and oxygen atoms in total. The van der Waals surface area contributed by atoms with Crippen LogP contribution in [0, 0.1) is 11.8 Å². The van der Waals surface area contributed by atoms with E-state index < -0.39 is 0 Å². The lowest BCUT2D eigenvalue weighted by atomic mass is 10.1. The highest BCUT2D eigenvalue weighted by atomic mass is 16.5. The molecule has 2 aliphatic rings. The molecule has 0 unspecified atom stereocenters. The third kappa shape index (κ3) is 5.84. The number of piperidine rings is 1. The van der Waals surface area contributed by atoms with Crippen LogP contribution in [0.15, 0.2) is 61.6 Å². The maximum absolute atomic E-state index is 5.47. The van der Waals surface area contributed by atoms with E-state index in [0.29, 0.717) is 31.1 Å². The molecule has 2 fully saturated rings. The van der Waals surface area contributed by atoms with Gasteiger partial charge in [0.15, 0.2) is 0 Å². The maximum Gasteiger partial charge on any atom is 0.225 e. The molecule has 0 spiro atoms. The van der Waals surface area contributed by atoms with Crippen molar-refractivity contribution in [2.45, 2.75) is 24.9 Å². The van der Waals surface area contributed by atoms with Crippen molar-refractivity contribution in [3.63, 3.8) is 0 Å². The van der Waals surface area contributed by atoms with Crippen LogP contribution < -0.4 is 14.7 Å². The molecule has 4 aromatic rings. The second kappa shape index (κ2) is 12.0. The average Bonchev–Trinajstić information content (AvgIpc) is 3.57. The Morgan fingerprint density at radius 1 is 0.775 bits per heavy atom. The molecule has 0 radical (unpaired) electrons. The number of hydrogen-bond acceptors (Lipinski definition) is 11. The van der Waals surface area contributed by atoms with Crippen molar-refractivity contribution in [2.24, 2.45) is 0 Å². The van der Waals surface area contributed by atoms with E-state index in [9.17, 15) is 0 Å². The maximum atomic E-state index is 5.47. The molecule has 0 aliphatic carbocycles. The van der Waals surface area contributed by atoms with Gasteiger partial charge < -0.3 is 19.4 Å². The molecule has 40 heavy (non-hydrogen) atoms. The van der Waals surface area contributed by atoms with E-state index in [0.717, 1.165) is 56.0 Å². The Labute approximate surface area is 233 Å². The van der Waals surface area contributed by atoms with Gasteiger partial charge in [0.1, 0.15) is 5.82 Å². The molecule has 4 aromatic heterocycles. The Morgan fingerprint density at radius 2 is 1.50 bits per heavy atom. The highest BCUT2D eigenvalue weighted by Gasteiger charge is 2.30. The first-order chi connectivity index (χ1) is 19.8. The highest BCUT2D eigenvalue weighted by Crippen LogP contribution is 2.24. The van der Waals surface area contributed by atoms with Crippen LogP contribution in [-0.4, -0.2) is 92.4 Å². The van der Waals surface area contributed by atoms with E-state index in [2.05, 4.69) is 61.7 Å². The van der Waals surface area contributed by atoms with Gasteiger partial charge in [-0.05, 0) is 31.0 Å². The van der Waals surface area contributed by atoms with Crippen molar-refractivity contribution in [3.8, 4) is 11.8 Å². The molecule has 1 atom stereocenters. The molecule has 0 bridgehead atoms. The topological polar surface area (TPSA) is 114 Å². The van der Waals surface area contributed by atoms with Gasteiger partial charge in [-0.15, -0.1) is 0 Å². The lowest BCUT2D eigenvalue weighted by Gasteiger charge is -2.41. The van der Waals surface area contributed by atoms with Crippen molar-refractivity contribution >= 4 is 17.7 Å². The number of aromatic nitrogens is 8. The van der Waals surface area contributed by atoms with Gasteiger partial charge in [-0.25, -0.2) is 24.9 Å². The average molecular weight is 538 g/mol. The van der Waals surface area contributed by atoms with E-state index in [4.69, 9.17) is 4.74 Å². The molecular weight excluding hydrogens is 506 g/mol. The van der Waals surface area contributed by atoms with Crippen molar-refractivity contribution in [3.05, 3.63) is 72.7 Å². The summed E-state index contributed by atoms with van der Waals surface area (Å²) in [4.78, 5) is 31.1. The summed E-state index contributed by atoms with van der Waals surface area (Å²) in [6, 6.07) is 6.32. The quantitative estimate of drug-likeness (QED) is 0.336. The predicted molar refractivity (Wildman–Crippen MR) is 150 cm³/mol. The fraction of sp³-hybridized carbons (Fsp3) is 0.393. The molecule has 12 heteroatoms. The van der Waals surface area contributed by atoms with Gasteiger partial charge in [0, 0.05) is 76.4 Å². The molecule has 204 valence electrons. The van der Waals surface area contributed by atoms with Crippen LogP contribution >= 0.6 is 0 Å². The molecule has 0 amide bonds. The third-order valence-corrected chi connectivity index (χ3v) is 7.22. The third-order valence-electron chi connectivity index (χ3n) is 7.22. The zero-order chi connectivity index (χ0) is 27.1. The molecule has 0 aromatic carbocycles. The van der Waals surface area contributed by atoms with E-state index in [-0.39, 0.29) is 6.04 Å². The van der Waals surface area contributed by atoms with Crippen LogP contribution in [0.5, 0.6) is 0 Å². The van der Waals surface area contributed by atoms with Crippen LogP contribution in [0.2, 0.25) is 0 Å². The largest absolute Gasteiger partial charge is 0.382 e.